The van der Waals surface area contributed by atoms with E-state index < -0.39 is 29.0 Å². The van der Waals surface area contributed by atoms with Crippen LogP contribution in [0.4, 0.5) is 0 Å². The van der Waals surface area contributed by atoms with Crippen molar-refractivity contribution < 1.29 is 19.4 Å². The topological polar surface area (TPSA) is 69.7 Å². The molecule has 0 unspecified atom stereocenters. The lowest BCUT2D eigenvalue weighted by Gasteiger charge is -2.35. The SMILES string of the molecule is C[C@@]1(C(=O)[O-])[C@@H]2C=C[C@@]3(CN(Cc4ccccc4)C(=O)[C@@H]13)O2. The van der Waals surface area contributed by atoms with Crippen LogP contribution in [-0.2, 0) is 20.9 Å². The van der Waals surface area contributed by atoms with E-state index in [0.29, 0.717) is 13.1 Å². The van der Waals surface area contributed by atoms with Gasteiger partial charge in [-0.2, -0.15) is 0 Å². The van der Waals surface area contributed by atoms with Crippen LogP contribution >= 0.6 is 0 Å². The number of benzene rings is 1. The number of ether oxygens (including phenoxy) is 1. The summed E-state index contributed by atoms with van der Waals surface area (Å²) in [4.78, 5) is 26.2. The molecule has 2 bridgehead atoms. The summed E-state index contributed by atoms with van der Waals surface area (Å²) in [5, 5.41) is 11.7. The molecule has 0 aromatic heterocycles. The van der Waals surface area contributed by atoms with Crippen molar-refractivity contribution >= 4 is 11.9 Å². The van der Waals surface area contributed by atoms with E-state index in [0.717, 1.165) is 5.56 Å². The lowest BCUT2D eigenvalue weighted by Crippen LogP contribution is -2.53. The maximum Gasteiger partial charge on any atom is 0.230 e. The molecule has 22 heavy (non-hydrogen) atoms. The summed E-state index contributed by atoms with van der Waals surface area (Å²) in [5.41, 5.74) is -1.09. The standard InChI is InChI=1S/C17H17NO4/c1-16(15(20)21)12-7-8-17(22-12)10-18(14(19)13(16)17)9-11-5-3-2-4-6-11/h2-8,12-13H,9-10H2,1H3,(H,20,21)/p-1/t12-,13-,16+,17-/m0/s1. The van der Waals surface area contributed by atoms with Crippen LogP contribution in [0.3, 0.4) is 0 Å². The highest BCUT2D eigenvalue weighted by molar-refractivity contribution is 5.92. The number of amides is 1. The first kappa shape index (κ1) is 13.5. The van der Waals surface area contributed by atoms with Gasteiger partial charge >= 0.3 is 0 Å². The molecule has 5 heteroatoms. The lowest BCUT2D eigenvalue weighted by molar-refractivity contribution is -0.321. The van der Waals surface area contributed by atoms with E-state index in [4.69, 9.17) is 4.74 Å². The van der Waals surface area contributed by atoms with Gasteiger partial charge in [0.2, 0.25) is 5.91 Å². The normalized spacial score (nSPS) is 38.6. The summed E-state index contributed by atoms with van der Waals surface area (Å²) in [7, 11) is 0. The van der Waals surface area contributed by atoms with Crippen molar-refractivity contribution in [3.8, 4) is 0 Å². The molecule has 5 nitrogen and oxygen atoms in total. The zero-order chi connectivity index (χ0) is 15.5. The second-order valence-corrected chi connectivity index (χ2v) is 6.54. The monoisotopic (exact) mass is 298 g/mol. The Balaban J connectivity index is 1.68. The van der Waals surface area contributed by atoms with Gasteiger partial charge in [0, 0.05) is 6.54 Å². The summed E-state index contributed by atoms with van der Waals surface area (Å²) in [6, 6.07) is 9.66. The first-order valence-corrected chi connectivity index (χ1v) is 7.39. The molecule has 3 aliphatic rings. The van der Waals surface area contributed by atoms with Crippen molar-refractivity contribution in [2.24, 2.45) is 11.3 Å². The Morgan fingerprint density at radius 1 is 1.41 bits per heavy atom. The summed E-state index contributed by atoms with van der Waals surface area (Å²) in [6.45, 7) is 2.41. The molecular formula is C17H16NO4-. The van der Waals surface area contributed by atoms with Gasteiger partial charge in [0.05, 0.1) is 30.0 Å². The molecule has 0 radical (unpaired) electrons. The van der Waals surface area contributed by atoms with Crippen LogP contribution in [0.15, 0.2) is 42.5 Å². The quantitative estimate of drug-likeness (QED) is 0.743. The third-order valence-corrected chi connectivity index (χ3v) is 5.23. The van der Waals surface area contributed by atoms with Crippen molar-refractivity contribution in [1.82, 2.24) is 4.90 Å². The average molecular weight is 298 g/mol. The maximum atomic E-state index is 12.8. The fourth-order valence-corrected chi connectivity index (χ4v) is 4.10. The molecule has 0 saturated carbocycles. The molecule has 2 fully saturated rings. The number of carbonyl (C=O) groups is 2. The largest absolute Gasteiger partial charge is 0.549 e. The van der Waals surface area contributed by atoms with E-state index in [-0.39, 0.29) is 5.91 Å². The number of carbonyl (C=O) groups excluding carboxylic acids is 2. The maximum absolute atomic E-state index is 12.8. The van der Waals surface area contributed by atoms with Crippen molar-refractivity contribution in [3.05, 3.63) is 48.0 Å². The van der Waals surface area contributed by atoms with Crippen molar-refractivity contribution in [2.45, 2.75) is 25.2 Å². The van der Waals surface area contributed by atoms with Crippen molar-refractivity contribution in [3.63, 3.8) is 0 Å². The van der Waals surface area contributed by atoms with Gasteiger partial charge in [0.1, 0.15) is 5.60 Å². The van der Waals surface area contributed by atoms with Gasteiger partial charge in [0.15, 0.2) is 0 Å². The van der Waals surface area contributed by atoms with Crippen LogP contribution in [0.1, 0.15) is 12.5 Å². The van der Waals surface area contributed by atoms with Gasteiger partial charge < -0.3 is 19.5 Å². The molecule has 4 rings (SSSR count). The fraction of sp³-hybridized carbons (Fsp3) is 0.412. The highest BCUT2D eigenvalue weighted by Gasteiger charge is 2.70. The van der Waals surface area contributed by atoms with Crippen molar-refractivity contribution in [2.75, 3.05) is 6.54 Å². The number of rotatable bonds is 3. The van der Waals surface area contributed by atoms with Gasteiger partial charge in [0.25, 0.3) is 0 Å². The van der Waals surface area contributed by atoms with Crippen LogP contribution in [0.2, 0.25) is 0 Å². The Kier molecular flexibility index (Phi) is 2.58. The number of likely N-dealkylation sites (tertiary alicyclic amines) is 1. The Morgan fingerprint density at radius 2 is 2.14 bits per heavy atom. The van der Waals surface area contributed by atoms with Gasteiger partial charge in [-0.25, -0.2) is 0 Å². The van der Waals surface area contributed by atoms with Crippen LogP contribution in [0.25, 0.3) is 0 Å². The van der Waals surface area contributed by atoms with Gasteiger partial charge in [-0.05, 0) is 5.56 Å². The minimum atomic E-state index is -1.29. The second-order valence-electron chi connectivity index (χ2n) is 6.54. The zero-order valence-electron chi connectivity index (χ0n) is 12.2. The number of hydrogen-bond donors (Lipinski definition) is 0. The van der Waals surface area contributed by atoms with Crippen LogP contribution < -0.4 is 5.11 Å². The molecule has 0 N–H and O–H groups in total. The molecule has 114 valence electrons. The minimum absolute atomic E-state index is 0.164. The van der Waals surface area contributed by atoms with Gasteiger partial charge in [-0.15, -0.1) is 0 Å². The van der Waals surface area contributed by atoms with E-state index >= 15 is 0 Å². The average Bonchev–Trinajstić information content (AvgIpc) is 3.10. The Hall–Kier alpha value is -2.14. The molecule has 1 aromatic rings. The summed E-state index contributed by atoms with van der Waals surface area (Å²) in [5.74, 6) is -2.09. The van der Waals surface area contributed by atoms with Crippen molar-refractivity contribution in [1.29, 1.82) is 0 Å². The first-order valence-electron chi connectivity index (χ1n) is 7.39. The van der Waals surface area contributed by atoms with E-state index in [2.05, 4.69) is 0 Å². The third-order valence-electron chi connectivity index (χ3n) is 5.23. The lowest BCUT2D eigenvalue weighted by atomic mass is 9.66. The molecule has 3 aliphatic heterocycles. The fourth-order valence-electron chi connectivity index (χ4n) is 4.10. The first-order chi connectivity index (χ1) is 10.5. The summed E-state index contributed by atoms with van der Waals surface area (Å²) < 4.78 is 5.90. The number of fused-ring (bicyclic) bond motifs is 1. The molecule has 2 saturated heterocycles. The molecule has 3 heterocycles. The van der Waals surface area contributed by atoms with E-state index in [9.17, 15) is 14.7 Å². The van der Waals surface area contributed by atoms with E-state index in [1.54, 1.807) is 17.9 Å². The predicted octanol–water partition coefficient (Wildman–Crippen LogP) is 0.109. The number of carboxylic acids is 1. The number of aliphatic carboxylic acids is 1. The molecule has 1 aromatic carbocycles. The van der Waals surface area contributed by atoms with E-state index in [1.807, 2.05) is 36.4 Å². The molecule has 0 aliphatic carbocycles. The zero-order valence-corrected chi connectivity index (χ0v) is 12.2. The number of nitrogens with zero attached hydrogens (tertiary/aromatic N) is 1. The number of hydrogen-bond acceptors (Lipinski definition) is 4. The summed E-state index contributed by atoms with van der Waals surface area (Å²) >= 11 is 0. The third kappa shape index (κ3) is 1.52. The van der Waals surface area contributed by atoms with Gasteiger partial charge in [-0.1, -0.05) is 49.4 Å². The molecule has 1 amide bonds. The van der Waals surface area contributed by atoms with Crippen LogP contribution in [0.5, 0.6) is 0 Å². The highest BCUT2D eigenvalue weighted by Crippen LogP contribution is 2.58. The Morgan fingerprint density at radius 3 is 2.82 bits per heavy atom. The van der Waals surface area contributed by atoms with E-state index in [1.165, 1.54) is 0 Å². The molecular weight excluding hydrogens is 282 g/mol. The smallest absolute Gasteiger partial charge is 0.230 e. The van der Waals surface area contributed by atoms with Crippen LogP contribution in [0, 0.1) is 11.3 Å². The van der Waals surface area contributed by atoms with Crippen LogP contribution in [-0.4, -0.2) is 35.0 Å². The van der Waals surface area contributed by atoms with Gasteiger partial charge in [-0.3, -0.25) is 4.79 Å². The summed E-state index contributed by atoms with van der Waals surface area (Å²) in [6.07, 6.45) is 3.03. The minimum Gasteiger partial charge on any atom is -0.549 e. The highest BCUT2D eigenvalue weighted by atomic mass is 16.5. The molecule has 1 spiro atoms. The molecule has 4 atom stereocenters. The number of carboxylic acid groups (broad SMARTS) is 1. The predicted molar refractivity (Wildman–Crippen MR) is 75.2 cm³/mol. The Bertz CT molecular complexity index is 685. The Labute approximate surface area is 128 Å². The second kappa shape index (κ2) is 4.20.